The highest BCUT2D eigenvalue weighted by Crippen LogP contribution is 2.22. The van der Waals surface area contributed by atoms with Crippen LogP contribution in [0.4, 0.5) is 4.39 Å². The van der Waals surface area contributed by atoms with E-state index in [0.717, 1.165) is 12.0 Å². The van der Waals surface area contributed by atoms with Crippen LogP contribution in [0.15, 0.2) is 12.1 Å². The van der Waals surface area contributed by atoms with Crippen LogP contribution in [0.1, 0.15) is 74.6 Å². The molecule has 0 aliphatic rings. The van der Waals surface area contributed by atoms with Crippen molar-refractivity contribution in [3.8, 4) is 0 Å². The molecule has 1 rings (SSSR count). The van der Waals surface area contributed by atoms with Gasteiger partial charge in [0, 0.05) is 6.04 Å². The first kappa shape index (κ1) is 16.2. The molecule has 0 saturated carbocycles. The van der Waals surface area contributed by atoms with E-state index in [1.54, 1.807) is 0 Å². The molecule has 0 bridgehead atoms. The third-order valence-corrected chi connectivity index (χ3v) is 3.76. The lowest BCUT2D eigenvalue weighted by Crippen LogP contribution is -2.11. The molecule has 0 radical (unpaired) electrons. The zero-order chi connectivity index (χ0) is 14.3. The highest BCUT2D eigenvalue weighted by atomic mass is 19.1. The monoisotopic (exact) mass is 265 g/mol. The quantitative estimate of drug-likeness (QED) is 0.643. The predicted octanol–water partition coefficient (Wildman–Crippen LogP) is 5.19. The summed E-state index contributed by atoms with van der Waals surface area (Å²) in [7, 11) is 0. The van der Waals surface area contributed by atoms with Gasteiger partial charge in [0.05, 0.1) is 0 Å². The van der Waals surface area contributed by atoms with Crippen molar-refractivity contribution in [2.24, 2.45) is 5.73 Å². The van der Waals surface area contributed by atoms with Gasteiger partial charge in [0.15, 0.2) is 0 Å². The van der Waals surface area contributed by atoms with Gasteiger partial charge in [-0.05, 0) is 37.0 Å². The molecule has 108 valence electrons. The van der Waals surface area contributed by atoms with Crippen molar-refractivity contribution in [3.63, 3.8) is 0 Å². The molecule has 0 aromatic heterocycles. The summed E-state index contributed by atoms with van der Waals surface area (Å²) in [4.78, 5) is 0. The summed E-state index contributed by atoms with van der Waals surface area (Å²) in [5, 5.41) is 0. The maximum absolute atomic E-state index is 13.6. The van der Waals surface area contributed by atoms with E-state index in [1.165, 1.54) is 38.5 Å². The van der Waals surface area contributed by atoms with Crippen LogP contribution in [0.2, 0.25) is 0 Å². The second-order valence-electron chi connectivity index (χ2n) is 5.63. The fourth-order valence-electron chi connectivity index (χ4n) is 2.50. The lowest BCUT2D eigenvalue weighted by Gasteiger charge is -2.14. The smallest absolute Gasteiger partial charge is 0.129 e. The van der Waals surface area contributed by atoms with Gasteiger partial charge < -0.3 is 5.73 Å². The Morgan fingerprint density at radius 1 is 1.00 bits per heavy atom. The lowest BCUT2D eigenvalue weighted by molar-refractivity contribution is 0.545. The summed E-state index contributed by atoms with van der Waals surface area (Å²) < 4.78 is 13.6. The molecule has 19 heavy (non-hydrogen) atoms. The van der Waals surface area contributed by atoms with Crippen molar-refractivity contribution in [3.05, 3.63) is 34.6 Å². The molecule has 1 aromatic rings. The van der Waals surface area contributed by atoms with Crippen LogP contribution >= 0.6 is 0 Å². The minimum Gasteiger partial charge on any atom is -0.324 e. The van der Waals surface area contributed by atoms with Crippen molar-refractivity contribution in [1.82, 2.24) is 0 Å². The van der Waals surface area contributed by atoms with Gasteiger partial charge in [-0.25, -0.2) is 4.39 Å². The van der Waals surface area contributed by atoms with Gasteiger partial charge in [0.2, 0.25) is 0 Å². The highest BCUT2D eigenvalue weighted by Gasteiger charge is 2.10. The number of halogens is 1. The van der Waals surface area contributed by atoms with Gasteiger partial charge in [-0.15, -0.1) is 0 Å². The maximum atomic E-state index is 13.6. The Morgan fingerprint density at radius 2 is 1.53 bits per heavy atom. The first-order chi connectivity index (χ1) is 9.06. The van der Waals surface area contributed by atoms with Crippen molar-refractivity contribution < 1.29 is 4.39 Å². The van der Waals surface area contributed by atoms with Crippen LogP contribution in [-0.4, -0.2) is 0 Å². The number of hydrogen-bond donors (Lipinski definition) is 1. The Kier molecular flexibility index (Phi) is 7.07. The lowest BCUT2D eigenvalue weighted by atomic mass is 9.97. The van der Waals surface area contributed by atoms with Crippen molar-refractivity contribution in [2.75, 3.05) is 0 Å². The zero-order valence-corrected chi connectivity index (χ0v) is 12.6. The Balaban J connectivity index is 2.39. The molecule has 0 saturated heterocycles. The van der Waals surface area contributed by atoms with Gasteiger partial charge in [0.1, 0.15) is 5.82 Å². The summed E-state index contributed by atoms with van der Waals surface area (Å²) >= 11 is 0. The van der Waals surface area contributed by atoms with Crippen LogP contribution in [-0.2, 0) is 0 Å². The second kappa shape index (κ2) is 8.31. The summed E-state index contributed by atoms with van der Waals surface area (Å²) in [6.45, 7) is 5.85. The maximum Gasteiger partial charge on any atom is 0.129 e. The number of aryl methyl sites for hydroxylation is 2. The number of nitrogens with two attached hydrogens (primary N) is 1. The van der Waals surface area contributed by atoms with E-state index in [1.807, 2.05) is 26.0 Å². The van der Waals surface area contributed by atoms with Crippen molar-refractivity contribution in [2.45, 2.75) is 71.8 Å². The topological polar surface area (TPSA) is 26.0 Å². The first-order valence-electron chi connectivity index (χ1n) is 7.58. The van der Waals surface area contributed by atoms with Gasteiger partial charge in [-0.1, -0.05) is 57.6 Å². The molecule has 0 aliphatic carbocycles. The van der Waals surface area contributed by atoms with E-state index in [4.69, 9.17) is 5.73 Å². The third kappa shape index (κ3) is 5.32. The van der Waals surface area contributed by atoms with Crippen molar-refractivity contribution in [1.29, 1.82) is 0 Å². The standard InChI is InChI=1S/C17H28FN/c1-4-5-6-7-8-9-10-16(19)15-11-13(2)17(18)14(3)12-15/h11-12,16H,4-10,19H2,1-3H3. The SMILES string of the molecule is CCCCCCCCC(N)c1cc(C)c(F)c(C)c1. The van der Waals surface area contributed by atoms with E-state index in [2.05, 4.69) is 6.92 Å². The van der Waals surface area contributed by atoms with Gasteiger partial charge in [0.25, 0.3) is 0 Å². The average Bonchev–Trinajstić information content (AvgIpc) is 2.39. The molecule has 1 aromatic carbocycles. The van der Waals surface area contributed by atoms with Gasteiger partial charge >= 0.3 is 0 Å². The Hall–Kier alpha value is -0.890. The Morgan fingerprint density at radius 3 is 2.11 bits per heavy atom. The molecule has 0 aliphatic heterocycles. The van der Waals surface area contributed by atoms with Crippen LogP contribution in [0, 0.1) is 19.7 Å². The molecule has 0 amide bonds. The molecule has 1 atom stereocenters. The average molecular weight is 265 g/mol. The van der Waals surface area contributed by atoms with Gasteiger partial charge in [-0.2, -0.15) is 0 Å². The zero-order valence-electron chi connectivity index (χ0n) is 12.6. The van der Waals surface area contributed by atoms with E-state index >= 15 is 0 Å². The van der Waals surface area contributed by atoms with Crippen LogP contribution in [0.25, 0.3) is 0 Å². The summed E-state index contributed by atoms with van der Waals surface area (Å²) in [6.07, 6.45) is 8.68. The number of unbranched alkanes of at least 4 members (excludes halogenated alkanes) is 5. The third-order valence-electron chi connectivity index (χ3n) is 3.76. The van der Waals surface area contributed by atoms with Crippen LogP contribution < -0.4 is 5.73 Å². The molecule has 0 fully saturated rings. The first-order valence-corrected chi connectivity index (χ1v) is 7.58. The molecule has 0 heterocycles. The van der Waals surface area contributed by atoms with E-state index in [-0.39, 0.29) is 11.9 Å². The van der Waals surface area contributed by atoms with E-state index in [9.17, 15) is 4.39 Å². The molecule has 2 N–H and O–H groups in total. The van der Waals surface area contributed by atoms with Crippen LogP contribution in [0.3, 0.4) is 0 Å². The largest absolute Gasteiger partial charge is 0.324 e. The molecule has 2 heteroatoms. The predicted molar refractivity (Wildman–Crippen MR) is 80.8 cm³/mol. The normalized spacial score (nSPS) is 12.7. The van der Waals surface area contributed by atoms with E-state index < -0.39 is 0 Å². The summed E-state index contributed by atoms with van der Waals surface area (Å²) in [5.74, 6) is -0.101. The number of rotatable bonds is 8. The van der Waals surface area contributed by atoms with Crippen LogP contribution in [0.5, 0.6) is 0 Å². The summed E-state index contributed by atoms with van der Waals surface area (Å²) in [5.41, 5.74) is 8.68. The fourth-order valence-corrected chi connectivity index (χ4v) is 2.50. The fraction of sp³-hybridized carbons (Fsp3) is 0.647. The Labute approximate surface area is 117 Å². The summed E-state index contributed by atoms with van der Waals surface area (Å²) in [6, 6.07) is 3.83. The van der Waals surface area contributed by atoms with Gasteiger partial charge in [-0.3, -0.25) is 0 Å². The minimum absolute atomic E-state index is 0.0455. The highest BCUT2D eigenvalue weighted by molar-refractivity contribution is 5.32. The Bertz CT molecular complexity index is 364. The van der Waals surface area contributed by atoms with Crippen molar-refractivity contribution >= 4 is 0 Å². The van der Waals surface area contributed by atoms with E-state index in [0.29, 0.717) is 11.1 Å². The molecule has 1 unspecified atom stereocenters. The molecular formula is C17H28FN. The molecular weight excluding hydrogens is 237 g/mol. The second-order valence-corrected chi connectivity index (χ2v) is 5.63. The number of benzene rings is 1. The number of hydrogen-bond acceptors (Lipinski definition) is 1. The molecule has 0 spiro atoms. The minimum atomic E-state index is -0.101. The molecule has 1 nitrogen and oxygen atoms in total.